The molecule has 1 aliphatic carbocycles. The zero-order valence-electron chi connectivity index (χ0n) is 9.03. The molecule has 4 nitrogen and oxygen atoms in total. The van der Waals surface area contributed by atoms with Crippen molar-refractivity contribution in [2.75, 3.05) is 6.61 Å². The lowest BCUT2D eigenvalue weighted by Crippen LogP contribution is -2.23. The second-order valence-electron chi connectivity index (χ2n) is 4.49. The van der Waals surface area contributed by atoms with Crippen LogP contribution in [-0.4, -0.2) is 15.7 Å². The van der Waals surface area contributed by atoms with E-state index in [1.807, 2.05) is 16.2 Å². The minimum absolute atomic E-state index is 0.146. The predicted octanol–water partition coefficient (Wildman–Crippen LogP) is 0.984. The van der Waals surface area contributed by atoms with Crippen LogP contribution in [0.1, 0.15) is 36.7 Å². The van der Waals surface area contributed by atoms with Crippen LogP contribution in [0.25, 0.3) is 0 Å². The summed E-state index contributed by atoms with van der Waals surface area (Å²) in [5, 5.41) is 0. The maximum Gasteiger partial charge on any atom is 0.328 e. The summed E-state index contributed by atoms with van der Waals surface area (Å²) in [7, 11) is 1.88. The van der Waals surface area contributed by atoms with E-state index in [2.05, 4.69) is 0 Å². The fourth-order valence-corrected chi connectivity index (χ4v) is 2.41. The second-order valence-corrected chi connectivity index (χ2v) is 4.49. The Morgan fingerprint density at radius 1 is 1.33 bits per heavy atom. The minimum Gasteiger partial charge on any atom is -0.375 e. The molecule has 0 bridgehead atoms. The summed E-state index contributed by atoms with van der Waals surface area (Å²) in [6, 6.07) is 0.453. The number of rotatable bonds is 1. The smallest absolute Gasteiger partial charge is 0.328 e. The SMILES string of the molecule is Cn1c2c(n(C3CC3)c1=O)COCCC2. The monoisotopic (exact) mass is 208 g/mol. The molecule has 0 aromatic carbocycles. The highest BCUT2D eigenvalue weighted by molar-refractivity contribution is 5.18. The van der Waals surface area contributed by atoms with Gasteiger partial charge in [-0.2, -0.15) is 0 Å². The van der Waals surface area contributed by atoms with E-state index in [0.717, 1.165) is 38.0 Å². The number of hydrogen-bond acceptors (Lipinski definition) is 2. The highest BCUT2D eigenvalue weighted by Gasteiger charge is 2.31. The van der Waals surface area contributed by atoms with Crippen LogP contribution in [0.5, 0.6) is 0 Å². The van der Waals surface area contributed by atoms with Crippen molar-refractivity contribution in [3.8, 4) is 0 Å². The summed E-state index contributed by atoms with van der Waals surface area (Å²) in [5.74, 6) is 0. The number of ether oxygens (including phenoxy) is 1. The summed E-state index contributed by atoms with van der Waals surface area (Å²) < 4.78 is 9.30. The van der Waals surface area contributed by atoms with Gasteiger partial charge < -0.3 is 4.74 Å². The normalized spacial score (nSPS) is 21.1. The molecule has 1 aromatic heterocycles. The van der Waals surface area contributed by atoms with Gasteiger partial charge in [-0.15, -0.1) is 0 Å². The lowest BCUT2D eigenvalue weighted by atomic mass is 10.2. The predicted molar refractivity (Wildman–Crippen MR) is 55.9 cm³/mol. The molecule has 0 unspecified atom stereocenters. The van der Waals surface area contributed by atoms with Crippen LogP contribution in [0.15, 0.2) is 4.79 Å². The maximum absolute atomic E-state index is 12.0. The largest absolute Gasteiger partial charge is 0.375 e. The van der Waals surface area contributed by atoms with E-state index in [1.54, 1.807) is 0 Å². The molecule has 0 atom stereocenters. The Hall–Kier alpha value is -1.03. The van der Waals surface area contributed by atoms with Crippen LogP contribution in [0.4, 0.5) is 0 Å². The molecule has 1 aromatic rings. The van der Waals surface area contributed by atoms with Crippen molar-refractivity contribution in [2.45, 2.75) is 38.3 Å². The molecular formula is C11H16N2O2. The van der Waals surface area contributed by atoms with Crippen LogP contribution in [0.3, 0.4) is 0 Å². The molecule has 0 N–H and O–H groups in total. The van der Waals surface area contributed by atoms with E-state index >= 15 is 0 Å². The number of nitrogens with zero attached hydrogens (tertiary/aromatic N) is 2. The molecule has 4 heteroatoms. The Morgan fingerprint density at radius 2 is 2.13 bits per heavy atom. The van der Waals surface area contributed by atoms with Gasteiger partial charge in [0, 0.05) is 25.4 Å². The maximum atomic E-state index is 12.0. The van der Waals surface area contributed by atoms with Crippen LogP contribution in [0, 0.1) is 0 Å². The van der Waals surface area contributed by atoms with Crippen molar-refractivity contribution in [3.63, 3.8) is 0 Å². The molecule has 0 spiro atoms. The summed E-state index contributed by atoms with van der Waals surface area (Å²) in [5.41, 5.74) is 2.46. The van der Waals surface area contributed by atoms with Crippen molar-refractivity contribution in [2.24, 2.45) is 7.05 Å². The average Bonchev–Trinajstić information content (AvgIpc) is 3.01. The van der Waals surface area contributed by atoms with Gasteiger partial charge in [-0.3, -0.25) is 9.13 Å². The molecule has 1 aliphatic heterocycles. The third-order valence-electron chi connectivity index (χ3n) is 3.37. The molecule has 0 saturated heterocycles. The summed E-state index contributed by atoms with van der Waals surface area (Å²) in [6.07, 6.45) is 4.29. The van der Waals surface area contributed by atoms with Gasteiger partial charge in [-0.1, -0.05) is 0 Å². The molecule has 15 heavy (non-hydrogen) atoms. The molecule has 82 valence electrons. The molecule has 1 fully saturated rings. The summed E-state index contributed by atoms with van der Waals surface area (Å²) in [6.45, 7) is 1.43. The van der Waals surface area contributed by atoms with E-state index in [0.29, 0.717) is 12.6 Å². The minimum atomic E-state index is 0.146. The van der Waals surface area contributed by atoms with Gasteiger partial charge in [0.15, 0.2) is 0 Å². The Labute approximate surface area is 88.5 Å². The molecule has 0 radical (unpaired) electrons. The average molecular weight is 208 g/mol. The van der Waals surface area contributed by atoms with Gasteiger partial charge in [0.1, 0.15) is 0 Å². The van der Waals surface area contributed by atoms with Crippen molar-refractivity contribution in [3.05, 3.63) is 21.9 Å². The Morgan fingerprint density at radius 3 is 2.87 bits per heavy atom. The first-order chi connectivity index (χ1) is 7.29. The van der Waals surface area contributed by atoms with E-state index < -0.39 is 0 Å². The zero-order valence-corrected chi connectivity index (χ0v) is 9.03. The third-order valence-corrected chi connectivity index (χ3v) is 3.37. The van der Waals surface area contributed by atoms with Crippen molar-refractivity contribution >= 4 is 0 Å². The molecule has 2 aliphatic rings. The third kappa shape index (κ3) is 1.35. The van der Waals surface area contributed by atoms with Crippen molar-refractivity contribution in [1.82, 2.24) is 9.13 Å². The Kier molecular flexibility index (Phi) is 1.99. The number of hydrogen-bond donors (Lipinski definition) is 0. The summed E-state index contributed by atoms with van der Waals surface area (Å²) >= 11 is 0. The lowest BCUT2D eigenvalue weighted by molar-refractivity contribution is 0.120. The zero-order chi connectivity index (χ0) is 10.4. The quantitative estimate of drug-likeness (QED) is 0.690. The molecule has 2 heterocycles. The molecule has 1 saturated carbocycles. The first-order valence-corrected chi connectivity index (χ1v) is 5.65. The van der Waals surface area contributed by atoms with Crippen LogP contribution in [-0.2, 0) is 24.8 Å². The standard InChI is InChI=1S/C11H16N2O2/c1-12-9-3-2-6-15-7-10(9)13(11(12)14)8-4-5-8/h8H,2-7H2,1H3. The highest BCUT2D eigenvalue weighted by atomic mass is 16.5. The molecular weight excluding hydrogens is 192 g/mol. The van der Waals surface area contributed by atoms with E-state index in [-0.39, 0.29) is 5.69 Å². The van der Waals surface area contributed by atoms with E-state index in [4.69, 9.17) is 4.74 Å². The van der Waals surface area contributed by atoms with Crippen LogP contribution >= 0.6 is 0 Å². The van der Waals surface area contributed by atoms with Crippen molar-refractivity contribution < 1.29 is 4.74 Å². The fraction of sp³-hybridized carbons (Fsp3) is 0.727. The first kappa shape index (κ1) is 9.21. The number of aromatic nitrogens is 2. The van der Waals surface area contributed by atoms with Crippen molar-refractivity contribution in [1.29, 1.82) is 0 Å². The topological polar surface area (TPSA) is 36.2 Å². The number of imidazole rings is 1. The number of fused-ring (bicyclic) bond motifs is 1. The lowest BCUT2D eigenvalue weighted by Gasteiger charge is -2.04. The second kappa shape index (κ2) is 3.23. The van der Waals surface area contributed by atoms with Crippen LogP contribution < -0.4 is 5.69 Å². The van der Waals surface area contributed by atoms with E-state index in [9.17, 15) is 4.79 Å². The van der Waals surface area contributed by atoms with Gasteiger partial charge in [0.05, 0.1) is 12.3 Å². The van der Waals surface area contributed by atoms with E-state index in [1.165, 1.54) is 5.69 Å². The van der Waals surface area contributed by atoms with Gasteiger partial charge in [-0.05, 0) is 25.7 Å². The summed E-state index contributed by atoms with van der Waals surface area (Å²) in [4.78, 5) is 12.0. The Balaban J connectivity index is 2.17. The van der Waals surface area contributed by atoms with Gasteiger partial charge in [0.2, 0.25) is 0 Å². The highest BCUT2D eigenvalue weighted by Crippen LogP contribution is 2.36. The fourth-order valence-electron chi connectivity index (χ4n) is 2.41. The van der Waals surface area contributed by atoms with Gasteiger partial charge in [-0.25, -0.2) is 4.79 Å². The molecule has 3 rings (SSSR count). The first-order valence-electron chi connectivity index (χ1n) is 5.65. The molecule has 0 amide bonds. The Bertz CT molecular complexity index is 440. The van der Waals surface area contributed by atoms with Gasteiger partial charge in [0.25, 0.3) is 0 Å². The van der Waals surface area contributed by atoms with Gasteiger partial charge >= 0.3 is 5.69 Å². The van der Waals surface area contributed by atoms with Crippen LogP contribution in [0.2, 0.25) is 0 Å².